The molecule has 6 heteroatoms. The van der Waals surface area contributed by atoms with Crippen LogP contribution in [0, 0.1) is 0 Å². The largest absolute Gasteiger partial charge is 0.480 e. The molecule has 0 heterocycles. The van der Waals surface area contributed by atoms with Gasteiger partial charge in [0.25, 0.3) is 5.91 Å². The van der Waals surface area contributed by atoms with Gasteiger partial charge in [-0.1, -0.05) is 18.2 Å². The van der Waals surface area contributed by atoms with Crippen LogP contribution in [0.5, 0.6) is 0 Å². The van der Waals surface area contributed by atoms with Crippen LogP contribution < -0.4 is 0 Å². The predicted molar refractivity (Wildman–Crippen MR) is 73.1 cm³/mol. The molecule has 0 saturated heterocycles. The number of aliphatic carboxylic acids is 1. The molecule has 0 aromatic heterocycles. The Labute approximate surface area is 115 Å². The smallest absolute Gasteiger partial charge is 0.327 e. The number of carbonyl (C=O) groups is 3. The van der Waals surface area contributed by atoms with E-state index in [1.54, 1.807) is 36.6 Å². The van der Waals surface area contributed by atoms with Crippen LogP contribution in [0.15, 0.2) is 30.3 Å². The summed E-state index contributed by atoms with van der Waals surface area (Å²) >= 11 is 1.27. The number of benzene rings is 1. The lowest BCUT2D eigenvalue weighted by molar-refractivity contribution is -0.146. The summed E-state index contributed by atoms with van der Waals surface area (Å²) in [4.78, 5) is 35.9. The van der Waals surface area contributed by atoms with E-state index in [1.807, 2.05) is 0 Å². The topological polar surface area (TPSA) is 74.7 Å². The second kappa shape index (κ2) is 6.94. The molecule has 0 aliphatic heterocycles. The lowest BCUT2D eigenvalue weighted by atomic mass is 10.1. The van der Waals surface area contributed by atoms with E-state index in [0.717, 1.165) is 4.90 Å². The van der Waals surface area contributed by atoms with Crippen molar-refractivity contribution >= 4 is 29.5 Å². The van der Waals surface area contributed by atoms with Crippen molar-refractivity contribution in [3.05, 3.63) is 35.9 Å². The van der Waals surface area contributed by atoms with Crippen molar-refractivity contribution in [3.63, 3.8) is 0 Å². The summed E-state index contributed by atoms with van der Waals surface area (Å²) in [6.45, 7) is 1.19. The first kappa shape index (κ1) is 15.2. The predicted octanol–water partition coefficient (Wildman–Crippen LogP) is 1.49. The fourth-order valence-corrected chi connectivity index (χ4v) is 2.25. The Morgan fingerprint density at radius 2 is 1.84 bits per heavy atom. The third kappa shape index (κ3) is 3.82. The van der Waals surface area contributed by atoms with Gasteiger partial charge in [0.2, 0.25) is 5.91 Å². The van der Waals surface area contributed by atoms with E-state index in [-0.39, 0.29) is 5.75 Å². The Morgan fingerprint density at radius 3 is 2.26 bits per heavy atom. The maximum atomic E-state index is 12.2. The summed E-state index contributed by atoms with van der Waals surface area (Å²) in [5.74, 6) is -2.19. The van der Waals surface area contributed by atoms with E-state index in [2.05, 4.69) is 0 Å². The van der Waals surface area contributed by atoms with Gasteiger partial charge in [0.1, 0.15) is 6.04 Å². The van der Waals surface area contributed by atoms with Crippen molar-refractivity contribution in [1.29, 1.82) is 0 Å². The molecule has 1 aromatic rings. The highest BCUT2D eigenvalue weighted by Crippen LogP contribution is 2.13. The van der Waals surface area contributed by atoms with Crippen molar-refractivity contribution in [2.75, 3.05) is 12.0 Å². The molecular formula is C13H15NO4S. The van der Waals surface area contributed by atoms with E-state index in [0.29, 0.717) is 5.56 Å². The summed E-state index contributed by atoms with van der Waals surface area (Å²) in [6, 6.07) is 7.02. The van der Waals surface area contributed by atoms with E-state index in [9.17, 15) is 14.4 Å². The number of amides is 2. The molecule has 1 aromatic carbocycles. The SMILES string of the molecule is CSC[C@@H](C(=O)O)N(C(C)=O)C(=O)c1ccccc1. The van der Waals surface area contributed by atoms with Crippen molar-refractivity contribution in [3.8, 4) is 0 Å². The van der Waals surface area contributed by atoms with Crippen molar-refractivity contribution in [2.24, 2.45) is 0 Å². The normalized spacial score (nSPS) is 11.7. The number of hydrogen-bond acceptors (Lipinski definition) is 4. The quantitative estimate of drug-likeness (QED) is 0.885. The fraction of sp³-hybridized carbons (Fsp3) is 0.308. The monoisotopic (exact) mass is 281 g/mol. The number of thioether (sulfide) groups is 1. The Bertz CT molecular complexity index is 475. The molecule has 0 aliphatic carbocycles. The third-order valence-corrected chi connectivity index (χ3v) is 3.15. The summed E-state index contributed by atoms with van der Waals surface area (Å²) in [6.07, 6.45) is 1.72. The Balaban J connectivity index is 3.10. The minimum Gasteiger partial charge on any atom is -0.480 e. The molecule has 0 unspecified atom stereocenters. The van der Waals surface area contributed by atoms with Gasteiger partial charge < -0.3 is 5.11 Å². The van der Waals surface area contributed by atoms with Crippen LogP contribution >= 0.6 is 11.8 Å². The van der Waals surface area contributed by atoms with Gasteiger partial charge in [-0.2, -0.15) is 11.8 Å². The highest BCUT2D eigenvalue weighted by molar-refractivity contribution is 7.98. The number of carboxylic acids is 1. The van der Waals surface area contributed by atoms with Gasteiger partial charge in [-0.15, -0.1) is 0 Å². The number of carbonyl (C=O) groups excluding carboxylic acids is 2. The first-order valence-corrected chi connectivity index (χ1v) is 6.99. The summed E-state index contributed by atoms with van der Waals surface area (Å²) in [5.41, 5.74) is 0.296. The molecule has 1 atom stereocenters. The summed E-state index contributed by atoms with van der Waals surface area (Å²) in [5, 5.41) is 9.16. The van der Waals surface area contributed by atoms with Gasteiger partial charge in [-0.05, 0) is 18.4 Å². The maximum absolute atomic E-state index is 12.2. The van der Waals surface area contributed by atoms with Gasteiger partial charge >= 0.3 is 5.97 Å². The first-order chi connectivity index (χ1) is 8.99. The van der Waals surface area contributed by atoms with E-state index < -0.39 is 23.8 Å². The second-order valence-electron chi connectivity index (χ2n) is 3.87. The molecule has 0 spiro atoms. The number of carboxylic acid groups (broad SMARTS) is 1. The average Bonchev–Trinajstić information content (AvgIpc) is 2.38. The highest BCUT2D eigenvalue weighted by Gasteiger charge is 2.32. The minimum atomic E-state index is -1.19. The zero-order chi connectivity index (χ0) is 14.4. The van der Waals surface area contributed by atoms with Crippen molar-refractivity contribution < 1.29 is 19.5 Å². The van der Waals surface area contributed by atoms with Gasteiger partial charge in [-0.3, -0.25) is 14.5 Å². The number of hydrogen-bond donors (Lipinski definition) is 1. The molecular weight excluding hydrogens is 266 g/mol. The summed E-state index contributed by atoms with van der Waals surface area (Å²) in [7, 11) is 0. The molecule has 19 heavy (non-hydrogen) atoms. The zero-order valence-corrected chi connectivity index (χ0v) is 11.5. The Morgan fingerprint density at radius 1 is 1.26 bits per heavy atom. The highest BCUT2D eigenvalue weighted by atomic mass is 32.2. The van der Waals surface area contributed by atoms with Gasteiger partial charge in [0.05, 0.1) is 0 Å². The van der Waals surface area contributed by atoms with Crippen LogP contribution in [-0.2, 0) is 9.59 Å². The molecule has 1 N–H and O–H groups in total. The molecule has 0 radical (unpaired) electrons. The van der Waals surface area contributed by atoms with Crippen LogP contribution in [0.1, 0.15) is 17.3 Å². The van der Waals surface area contributed by atoms with Crippen LogP contribution in [0.25, 0.3) is 0 Å². The van der Waals surface area contributed by atoms with Gasteiger partial charge in [0, 0.05) is 18.2 Å². The van der Waals surface area contributed by atoms with Crippen molar-refractivity contribution in [1.82, 2.24) is 4.90 Å². The number of imide groups is 1. The van der Waals surface area contributed by atoms with E-state index in [1.165, 1.54) is 18.7 Å². The summed E-state index contributed by atoms with van der Waals surface area (Å²) < 4.78 is 0. The third-order valence-electron chi connectivity index (χ3n) is 2.50. The second-order valence-corrected chi connectivity index (χ2v) is 4.78. The van der Waals surface area contributed by atoms with Gasteiger partial charge in [0.15, 0.2) is 0 Å². The van der Waals surface area contributed by atoms with Crippen LogP contribution in [0.4, 0.5) is 0 Å². The zero-order valence-electron chi connectivity index (χ0n) is 10.7. The van der Waals surface area contributed by atoms with Crippen LogP contribution in [-0.4, -0.2) is 45.8 Å². The van der Waals surface area contributed by atoms with E-state index >= 15 is 0 Å². The molecule has 0 bridgehead atoms. The molecule has 5 nitrogen and oxygen atoms in total. The first-order valence-electron chi connectivity index (χ1n) is 5.60. The van der Waals surface area contributed by atoms with Crippen LogP contribution in [0.3, 0.4) is 0 Å². The average molecular weight is 281 g/mol. The number of nitrogens with zero attached hydrogens (tertiary/aromatic N) is 1. The molecule has 0 fully saturated rings. The van der Waals surface area contributed by atoms with Crippen LogP contribution in [0.2, 0.25) is 0 Å². The standard InChI is InChI=1S/C13H15NO4S/c1-9(15)14(11(8-19-2)13(17)18)12(16)10-6-4-3-5-7-10/h3-7,11H,8H2,1-2H3,(H,17,18)/t11-/m0/s1. The lowest BCUT2D eigenvalue weighted by Gasteiger charge is -2.25. The van der Waals surface area contributed by atoms with E-state index in [4.69, 9.17) is 5.11 Å². The Hall–Kier alpha value is -1.82. The lowest BCUT2D eigenvalue weighted by Crippen LogP contribution is -2.49. The molecule has 1 rings (SSSR count). The molecule has 2 amide bonds. The molecule has 0 aliphatic rings. The fourth-order valence-electron chi connectivity index (χ4n) is 1.64. The minimum absolute atomic E-state index is 0.160. The Kier molecular flexibility index (Phi) is 5.57. The number of rotatable bonds is 5. The molecule has 102 valence electrons. The van der Waals surface area contributed by atoms with Gasteiger partial charge in [-0.25, -0.2) is 4.79 Å². The van der Waals surface area contributed by atoms with Crippen molar-refractivity contribution in [2.45, 2.75) is 13.0 Å². The maximum Gasteiger partial charge on any atom is 0.327 e. The molecule has 0 saturated carbocycles.